The molecular weight excluding hydrogens is 214 g/mol. The summed E-state index contributed by atoms with van der Waals surface area (Å²) in [5.74, 6) is -0.702. The second-order valence-electron chi connectivity index (χ2n) is 7.55. The van der Waals surface area contributed by atoms with Crippen LogP contribution in [0.5, 0.6) is 0 Å². The summed E-state index contributed by atoms with van der Waals surface area (Å²) in [4.78, 5) is 11.7. The van der Waals surface area contributed by atoms with Crippen LogP contribution in [-0.2, 0) is 4.79 Å². The molecule has 0 atom stereocenters. The van der Waals surface area contributed by atoms with Crippen LogP contribution in [-0.4, -0.2) is 22.7 Å². The molecule has 1 saturated carbocycles. The second kappa shape index (κ2) is 4.27. The van der Waals surface area contributed by atoms with Crippen molar-refractivity contribution in [3.05, 3.63) is 0 Å². The van der Waals surface area contributed by atoms with Crippen LogP contribution >= 0.6 is 0 Å². The maximum Gasteiger partial charge on any atom is 0.323 e. The Balaban J connectivity index is 3.08. The number of aliphatic carboxylic acids is 1. The Kier molecular flexibility index (Phi) is 3.64. The first kappa shape index (κ1) is 14.5. The Labute approximate surface area is 105 Å². The number of nitrogens with one attached hydrogen (secondary N) is 1. The van der Waals surface area contributed by atoms with E-state index >= 15 is 0 Å². The molecule has 17 heavy (non-hydrogen) atoms. The highest BCUT2D eigenvalue weighted by Crippen LogP contribution is 2.50. The molecule has 0 aromatic carbocycles. The summed E-state index contributed by atoms with van der Waals surface area (Å²) in [6, 6.07) is 0.191. The predicted octanol–water partition coefficient (Wildman–Crippen LogP) is 3.04. The molecule has 1 aliphatic carbocycles. The van der Waals surface area contributed by atoms with Gasteiger partial charge in [0.25, 0.3) is 0 Å². The summed E-state index contributed by atoms with van der Waals surface area (Å²) >= 11 is 0. The molecule has 1 aliphatic rings. The number of hydrogen-bond acceptors (Lipinski definition) is 2. The third-order valence-corrected chi connectivity index (χ3v) is 3.49. The largest absolute Gasteiger partial charge is 0.480 e. The van der Waals surface area contributed by atoms with E-state index in [0.717, 1.165) is 6.42 Å². The minimum absolute atomic E-state index is 0.0715. The summed E-state index contributed by atoms with van der Waals surface area (Å²) in [6.07, 6.45) is 2.49. The normalized spacial score (nSPS) is 25.8. The highest BCUT2D eigenvalue weighted by molar-refractivity contribution is 5.79. The Bertz CT molecular complexity index is 289. The lowest BCUT2D eigenvalue weighted by Crippen LogP contribution is -2.61. The van der Waals surface area contributed by atoms with Gasteiger partial charge in [0.2, 0.25) is 0 Å². The van der Waals surface area contributed by atoms with E-state index in [2.05, 4.69) is 33.0 Å². The summed E-state index contributed by atoms with van der Waals surface area (Å²) in [6.45, 7) is 12.7. The molecule has 0 radical (unpaired) electrons. The molecule has 0 amide bonds. The molecule has 0 aromatic rings. The Hall–Kier alpha value is -0.570. The maximum atomic E-state index is 11.7. The molecule has 3 heteroatoms. The molecule has 0 heterocycles. The van der Waals surface area contributed by atoms with E-state index in [1.54, 1.807) is 0 Å². The van der Waals surface area contributed by atoms with Crippen molar-refractivity contribution in [3.8, 4) is 0 Å². The monoisotopic (exact) mass is 241 g/mol. The molecule has 0 aliphatic heterocycles. The highest BCUT2D eigenvalue weighted by Gasteiger charge is 2.51. The van der Waals surface area contributed by atoms with Gasteiger partial charge in [0.05, 0.1) is 0 Å². The van der Waals surface area contributed by atoms with E-state index < -0.39 is 11.5 Å². The molecular formula is C14H27NO2. The van der Waals surface area contributed by atoms with Crippen LogP contribution in [0.2, 0.25) is 0 Å². The fraction of sp³-hybridized carbons (Fsp3) is 0.929. The summed E-state index contributed by atoms with van der Waals surface area (Å²) in [7, 11) is 0. The Morgan fingerprint density at radius 1 is 1.06 bits per heavy atom. The van der Waals surface area contributed by atoms with E-state index in [0.29, 0.717) is 12.8 Å². The molecule has 1 fully saturated rings. The zero-order valence-corrected chi connectivity index (χ0v) is 12.1. The molecule has 2 N–H and O–H groups in total. The van der Waals surface area contributed by atoms with Gasteiger partial charge in [0.1, 0.15) is 5.54 Å². The van der Waals surface area contributed by atoms with E-state index in [1.807, 2.05) is 13.8 Å². The molecule has 1 rings (SSSR count). The standard InChI is InChI=1S/C14H27NO2/c1-10(2)15-14(11(16)17)8-12(3,4)7-13(5,6)9-14/h10,15H,7-9H2,1-6H3,(H,16,17). The van der Waals surface area contributed by atoms with Gasteiger partial charge in [0, 0.05) is 6.04 Å². The van der Waals surface area contributed by atoms with Crippen LogP contribution < -0.4 is 5.32 Å². The smallest absolute Gasteiger partial charge is 0.323 e. The van der Waals surface area contributed by atoms with Gasteiger partial charge >= 0.3 is 5.97 Å². The summed E-state index contributed by atoms with van der Waals surface area (Å²) < 4.78 is 0. The third-order valence-electron chi connectivity index (χ3n) is 3.49. The van der Waals surface area contributed by atoms with Crippen molar-refractivity contribution in [1.29, 1.82) is 0 Å². The molecule has 100 valence electrons. The van der Waals surface area contributed by atoms with Crippen LogP contribution in [0.1, 0.15) is 60.8 Å². The molecule has 0 aromatic heterocycles. The first-order valence-electron chi connectivity index (χ1n) is 6.49. The van der Waals surface area contributed by atoms with Crippen molar-refractivity contribution in [1.82, 2.24) is 5.32 Å². The van der Waals surface area contributed by atoms with Crippen molar-refractivity contribution in [2.45, 2.75) is 72.4 Å². The first-order valence-corrected chi connectivity index (χ1v) is 6.49. The second-order valence-corrected chi connectivity index (χ2v) is 7.55. The lowest BCUT2D eigenvalue weighted by molar-refractivity contribution is -0.152. The van der Waals surface area contributed by atoms with Crippen LogP contribution in [0, 0.1) is 10.8 Å². The topological polar surface area (TPSA) is 49.3 Å². The van der Waals surface area contributed by atoms with Crippen molar-refractivity contribution >= 4 is 5.97 Å². The number of rotatable bonds is 3. The maximum absolute atomic E-state index is 11.7. The number of carboxylic acid groups (broad SMARTS) is 1. The van der Waals surface area contributed by atoms with Gasteiger partial charge in [-0.15, -0.1) is 0 Å². The zero-order chi connectivity index (χ0) is 13.5. The van der Waals surface area contributed by atoms with Gasteiger partial charge in [0.15, 0.2) is 0 Å². The Morgan fingerprint density at radius 2 is 1.47 bits per heavy atom. The average molecular weight is 241 g/mol. The SMILES string of the molecule is CC(C)NC1(C(=O)O)CC(C)(C)CC(C)(C)C1. The molecule has 0 bridgehead atoms. The number of carbonyl (C=O) groups is 1. The zero-order valence-electron chi connectivity index (χ0n) is 12.1. The Morgan fingerprint density at radius 3 is 1.76 bits per heavy atom. The molecule has 0 unspecified atom stereocenters. The van der Waals surface area contributed by atoms with E-state index in [9.17, 15) is 9.90 Å². The minimum atomic E-state index is -0.764. The van der Waals surface area contributed by atoms with Gasteiger partial charge < -0.3 is 5.11 Å². The van der Waals surface area contributed by atoms with Crippen LogP contribution in [0.4, 0.5) is 0 Å². The number of carboxylic acids is 1. The van der Waals surface area contributed by atoms with Gasteiger partial charge in [-0.2, -0.15) is 0 Å². The predicted molar refractivity (Wildman–Crippen MR) is 70.1 cm³/mol. The van der Waals surface area contributed by atoms with Gasteiger partial charge in [-0.05, 0) is 43.9 Å². The van der Waals surface area contributed by atoms with Crippen molar-refractivity contribution in [3.63, 3.8) is 0 Å². The average Bonchev–Trinajstić information content (AvgIpc) is 1.94. The molecule has 0 saturated heterocycles. The van der Waals surface area contributed by atoms with Crippen LogP contribution in [0.15, 0.2) is 0 Å². The van der Waals surface area contributed by atoms with Crippen molar-refractivity contribution in [2.75, 3.05) is 0 Å². The van der Waals surface area contributed by atoms with Gasteiger partial charge in [-0.25, -0.2) is 0 Å². The summed E-state index contributed by atoms with van der Waals surface area (Å²) in [5.41, 5.74) is -0.622. The van der Waals surface area contributed by atoms with Crippen LogP contribution in [0.3, 0.4) is 0 Å². The van der Waals surface area contributed by atoms with Gasteiger partial charge in [-0.1, -0.05) is 27.7 Å². The summed E-state index contributed by atoms with van der Waals surface area (Å²) in [5, 5.41) is 12.9. The molecule has 0 spiro atoms. The minimum Gasteiger partial charge on any atom is -0.480 e. The van der Waals surface area contributed by atoms with Crippen molar-refractivity contribution in [2.24, 2.45) is 10.8 Å². The van der Waals surface area contributed by atoms with Crippen molar-refractivity contribution < 1.29 is 9.90 Å². The van der Waals surface area contributed by atoms with Gasteiger partial charge in [-0.3, -0.25) is 10.1 Å². The lowest BCUT2D eigenvalue weighted by atomic mass is 9.58. The fourth-order valence-electron chi connectivity index (χ4n) is 3.98. The van der Waals surface area contributed by atoms with E-state index in [4.69, 9.17) is 0 Å². The van der Waals surface area contributed by atoms with Crippen LogP contribution in [0.25, 0.3) is 0 Å². The number of hydrogen-bond donors (Lipinski definition) is 2. The lowest BCUT2D eigenvalue weighted by Gasteiger charge is -2.50. The third kappa shape index (κ3) is 3.44. The quantitative estimate of drug-likeness (QED) is 0.798. The fourth-order valence-corrected chi connectivity index (χ4v) is 3.98. The van der Waals surface area contributed by atoms with E-state index in [1.165, 1.54) is 0 Å². The molecule has 3 nitrogen and oxygen atoms in total. The van der Waals surface area contributed by atoms with E-state index in [-0.39, 0.29) is 16.9 Å². The highest BCUT2D eigenvalue weighted by atomic mass is 16.4. The first-order chi connectivity index (χ1) is 7.48.